The molecule has 0 aromatic rings. The molecule has 10 heteroatoms. The number of nitrogens with one attached hydrogen (secondary N) is 1. The van der Waals surface area contributed by atoms with Crippen molar-refractivity contribution in [3.8, 4) is 0 Å². The first-order valence-corrected chi connectivity index (χ1v) is 34.6. The average Bonchev–Trinajstić information content (AvgIpc) is 3.42. The summed E-state index contributed by atoms with van der Waals surface area (Å²) in [5, 5.41) is 3.06. The topological polar surface area (TPSA) is 111 Å². The number of rotatable bonds is 59. The maximum atomic E-state index is 13.6. The van der Waals surface area contributed by atoms with Gasteiger partial charge in [0, 0.05) is 12.8 Å². The normalized spacial score (nSPS) is 14.2. The molecule has 1 amide bonds. The summed E-state index contributed by atoms with van der Waals surface area (Å²) in [7, 11) is 1.48. The molecule has 0 aliphatic carbocycles. The van der Waals surface area contributed by atoms with Gasteiger partial charge < -0.3 is 19.4 Å². The number of carbonyl (C=O) groups excluding carboxylic acids is 2. The zero-order chi connectivity index (χ0) is 58.6. The Kier molecular flexibility index (Phi) is 56.8. The molecule has 0 fully saturated rings. The minimum Gasteiger partial charge on any atom is -0.456 e. The maximum absolute atomic E-state index is 13.6. The summed E-state index contributed by atoms with van der Waals surface area (Å²) in [5.41, 5.74) is 0. The van der Waals surface area contributed by atoms with E-state index in [0.717, 1.165) is 122 Å². The fourth-order valence-electron chi connectivity index (χ4n) is 9.17. The average molecular weight is 1140 g/mol. The molecule has 0 rings (SSSR count). The summed E-state index contributed by atoms with van der Waals surface area (Å²) in [5.74, 6) is -0.520. The van der Waals surface area contributed by atoms with E-state index < -0.39 is 20.0 Å². The van der Waals surface area contributed by atoms with Gasteiger partial charge in [-0.2, -0.15) is 0 Å². The summed E-state index contributed by atoms with van der Waals surface area (Å²) in [4.78, 5) is 37.8. The Morgan fingerprint density at radius 1 is 0.450 bits per heavy atom. The second-order valence-corrected chi connectivity index (χ2v) is 24.7. The number of hydrogen-bond acceptors (Lipinski definition) is 6. The number of nitrogens with zero attached hydrogens (tertiary/aromatic N) is 1. The van der Waals surface area contributed by atoms with Crippen LogP contribution < -0.4 is 5.32 Å². The van der Waals surface area contributed by atoms with Gasteiger partial charge in [-0.1, -0.05) is 260 Å². The lowest BCUT2D eigenvalue weighted by atomic mass is 10.0. The molecule has 0 heterocycles. The highest BCUT2D eigenvalue weighted by molar-refractivity contribution is 7.47. The van der Waals surface area contributed by atoms with E-state index in [4.69, 9.17) is 13.8 Å². The molecule has 0 aliphatic rings. The zero-order valence-corrected chi connectivity index (χ0v) is 53.7. The Labute approximate surface area is 494 Å². The van der Waals surface area contributed by atoms with Crippen LogP contribution in [-0.2, 0) is 27.9 Å². The third-order valence-corrected chi connectivity index (χ3v) is 15.2. The predicted octanol–water partition coefficient (Wildman–Crippen LogP) is 20.7. The molecule has 0 aliphatic heterocycles. The third-order valence-electron chi connectivity index (χ3n) is 14.3. The summed E-state index contributed by atoms with van der Waals surface area (Å²) in [6, 6.07) is -0.860. The van der Waals surface area contributed by atoms with Crippen molar-refractivity contribution < 1.29 is 37.3 Å². The molecule has 0 saturated carbocycles. The lowest BCUT2D eigenvalue weighted by Gasteiger charge is -2.27. The standard InChI is InChI=1S/C70H125N2O7P/c1-7-10-13-16-19-22-25-28-30-31-32-33-34-35-36-37-38-39-40-41-43-44-47-50-53-56-59-62-69(73)71-67(66-78-80(75,76)77-65-64-72(4,5)6)68(61-58-55-52-49-46-27-24-21-18-15-12-9-3)79-70(74)63-60-57-54-51-48-45-42-29-26-23-20-17-14-11-8-2/h10,13,19,22-23,26,28,30,32-33,35-36,38-39,58,61,67-68H,7-9,11-12,14-18,20-21,24-25,27,29,31,34,37,40-57,59-60,62-66H2,1-6H3,(H-,71,73,75,76)/p+1/b13-10-,22-19-,26-23-,30-28-,33-32-,36-35-,39-38-,61-58-. The Bertz CT molecular complexity index is 1690. The molecule has 0 spiro atoms. The van der Waals surface area contributed by atoms with Gasteiger partial charge in [0.1, 0.15) is 19.3 Å². The fourth-order valence-corrected chi connectivity index (χ4v) is 9.91. The number of hydrogen-bond donors (Lipinski definition) is 2. The van der Waals surface area contributed by atoms with Crippen LogP contribution in [0.15, 0.2) is 97.2 Å². The summed E-state index contributed by atoms with van der Waals surface area (Å²) in [6.45, 7) is 6.88. The molecule has 80 heavy (non-hydrogen) atoms. The van der Waals surface area contributed by atoms with Gasteiger partial charge >= 0.3 is 13.8 Å². The van der Waals surface area contributed by atoms with Gasteiger partial charge in [-0.05, 0) is 109 Å². The van der Waals surface area contributed by atoms with Gasteiger partial charge in [0.2, 0.25) is 5.91 Å². The lowest BCUT2D eigenvalue weighted by Crippen LogP contribution is -2.47. The summed E-state index contributed by atoms with van der Waals surface area (Å²) >= 11 is 0. The molecule has 0 bridgehead atoms. The molecule has 3 unspecified atom stereocenters. The molecule has 0 radical (unpaired) electrons. The number of esters is 1. The number of carbonyl (C=O) groups is 2. The number of allylic oxidation sites excluding steroid dienone is 15. The SMILES string of the molecule is CC/C=C\C/C=C\C/C=C\C/C=C\C/C=C\C/C=C\CCCCCCCCCCC(=O)NC(COP(=O)(O)OCC[N+](C)(C)C)C(/C=C\CCCCCCCCCCCC)OC(=O)CCCCCCCCC/C=C\CCCCCC. The number of likely N-dealkylation sites (N-methyl/N-ethyl adjacent to an activating group) is 1. The molecule has 0 aromatic carbocycles. The van der Waals surface area contributed by atoms with Gasteiger partial charge in [-0.15, -0.1) is 0 Å². The highest BCUT2D eigenvalue weighted by Gasteiger charge is 2.30. The van der Waals surface area contributed by atoms with E-state index >= 15 is 0 Å². The van der Waals surface area contributed by atoms with Crippen LogP contribution in [0.1, 0.15) is 284 Å². The molecule has 0 saturated heterocycles. The van der Waals surface area contributed by atoms with Gasteiger partial charge in [-0.25, -0.2) is 4.57 Å². The van der Waals surface area contributed by atoms with Crippen molar-refractivity contribution in [2.45, 2.75) is 296 Å². The number of quaternary nitrogens is 1. The Morgan fingerprint density at radius 2 is 0.800 bits per heavy atom. The van der Waals surface area contributed by atoms with Crippen molar-refractivity contribution in [3.05, 3.63) is 97.2 Å². The first-order chi connectivity index (χ1) is 38.9. The molecular weight excluding hydrogens is 1010 g/mol. The highest BCUT2D eigenvalue weighted by Crippen LogP contribution is 2.43. The number of amides is 1. The first kappa shape index (κ1) is 76.9. The second kappa shape index (κ2) is 59.1. The Balaban J connectivity index is 5.13. The van der Waals surface area contributed by atoms with E-state index in [9.17, 15) is 19.0 Å². The van der Waals surface area contributed by atoms with Gasteiger partial charge in [0.25, 0.3) is 0 Å². The minimum absolute atomic E-state index is 0.0341. The molecule has 0 aromatic heterocycles. The van der Waals surface area contributed by atoms with E-state index in [2.05, 4.69) is 111 Å². The number of ether oxygens (including phenoxy) is 1. The van der Waals surface area contributed by atoms with Crippen LogP contribution in [0.2, 0.25) is 0 Å². The van der Waals surface area contributed by atoms with E-state index in [1.807, 2.05) is 33.3 Å². The van der Waals surface area contributed by atoms with Crippen molar-refractivity contribution in [2.75, 3.05) is 40.9 Å². The van der Waals surface area contributed by atoms with E-state index in [0.29, 0.717) is 17.4 Å². The fraction of sp³-hybridized carbons (Fsp3) is 0.743. The molecule has 2 N–H and O–H groups in total. The van der Waals surface area contributed by atoms with Crippen molar-refractivity contribution in [1.29, 1.82) is 0 Å². The van der Waals surface area contributed by atoms with Crippen LogP contribution in [0.4, 0.5) is 0 Å². The summed E-state index contributed by atoms with van der Waals surface area (Å²) < 4.78 is 30.7. The molecule has 9 nitrogen and oxygen atoms in total. The Hall–Kier alpha value is -3.07. The Morgan fingerprint density at radius 3 is 1.23 bits per heavy atom. The van der Waals surface area contributed by atoms with Gasteiger partial charge in [0.05, 0.1) is 33.8 Å². The highest BCUT2D eigenvalue weighted by atomic mass is 31.2. The van der Waals surface area contributed by atoms with Crippen molar-refractivity contribution >= 4 is 19.7 Å². The van der Waals surface area contributed by atoms with Crippen LogP contribution in [0.25, 0.3) is 0 Å². The predicted molar refractivity (Wildman–Crippen MR) is 346 cm³/mol. The van der Waals surface area contributed by atoms with Crippen LogP contribution in [-0.4, -0.2) is 74.3 Å². The smallest absolute Gasteiger partial charge is 0.456 e. The largest absolute Gasteiger partial charge is 0.472 e. The van der Waals surface area contributed by atoms with E-state index in [1.54, 1.807) is 0 Å². The molecular formula is C70H126N2O7P+. The van der Waals surface area contributed by atoms with Crippen molar-refractivity contribution in [1.82, 2.24) is 5.32 Å². The number of phosphoric ester groups is 1. The molecule has 462 valence electrons. The monoisotopic (exact) mass is 1140 g/mol. The van der Waals surface area contributed by atoms with Crippen LogP contribution in [0.5, 0.6) is 0 Å². The summed E-state index contributed by atoms with van der Waals surface area (Å²) in [6.07, 6.45) is 79.8. The number of phosphoric acid groups is 1. The third kappa shape index (κ3) is 59.5. The maximum Gasteiger partial charge on any atom is 0.472 e. The van der Waals surface area contributed by atoms with Gasteiger partial charge in [-0.3, -0.25) is 18.6 Å². The first-order valence-electron chi connectivity index (χ1n) is 33.1. The van der Waals surface area contributed by atoms with E-state index in [1.165, 1.54) is 128 Å². The van der Waals surface area contributed by atoms with E-state index in [-0.39, 0.29) is 31.5 Å². The van der Waals surface area contributed by atoms with Crippen LogP contribution >= 0.6 is 7.82 Å². The van der Waals surface area contributed by atoms with Crippen molar-refractivity contribution in [2.24, 2.45) is 0 Å². The zero-order valence-electron chi connectivity index (χ0n) is 52.8. The van der Waals surface area contributed by atoms with Gasteiger partial charge in [0.15, 0.2) is 0 Å². The number of unbranched alkanes of at least 4 members (excludes halogenated alkanes) is 29. The van der Waals surface area contributed by atoms with Crippen LogP contribution in [0, 0.1) is 0 Å². The lowest BCUT2D eigenvalue weighted by molar-refractivity contribution is -0.870. The van der Waals surface area contributed by atoms with Crippen molar-refractivity contribution in [3.63, 3.8) is 0 Å². The molecule has 3 atom stereocenters. The minimum atomic E-state index is -4.46. The quantitative estimate of drug-likeness (QED) is 0.0205. The van der Waals surface area contributed by atoms with Crippen LogP contribution in [0.3, 0.4) is 0 Å². The second-order valence-electron chi connectivity index (χ2n) is 23.3.